The van der Waals surface area contributed by atoms with Gasteiger partial charge >= 0.3 is 5.97 Å². The number of benzene rings is 2. The van der Waals surface area contributed by atoms with E-state index in [-0.39, 0.29) is 10.5 Å². The first-order valence-electron chi connectivity index (χ1n) is 9.03. The molecule has 0 atom stereocenters. The lowest BCUT2D eigenvalue weighted by molar-refractivity contribution is 0.0600. The van der Waals surface area contributed by atoms with E-state index in [1.807, 2.05) is 6.92 Å². The average molecular weight is 422 g/mol. The number of methoxy groups -OCH3 is 1. The number of carbonyl (C=O) groups excluding carboxylic acids is 1. The molecule has 0 aliphatic carbocycles. The fourth-order valence-electron chi connectivity index (χ4n) is 3.03. The van der Waals surface area contributed by atoms with Gasteiger partial charge in [0.25, 0.3) is 10.0 Å². The lowest BCUT2D eigenvalue weighted by Crippen LogP contribution is -2.11. The van der Waals surface area contributed by atoms with Gasteiger partial charge in [-0.3, -0.25) is 4.98 Å². The molecule has 0 fully saturated rings. The molecule has 0 saturated heterocycles. The average Bonchev–Trinajstić information content (AvgIpc) is 3.18. The fourth-order valence-corrected chi connectivity index (χ4v) is 4.39. The second-order valence-corrected chi connectivity index (χ2v) is 8.47. The summed E-state index contributed by atoms with van der Waals surface area (Å²) in [4.78, 5) is 15.8. The number of pyridine rings is 1. The zero-order valence-corrected chi connectivity index (χ0v) is 17.1. The van der Waals surface area contributed by atoms with Gasteiger partial charge in [-0.2, -0.15) is 0 Å². The molecule has 2 aromatic carbocycles. The molecule has 0 radical (unpaired) electrons. The Morgan fingerprint density at radius 2 is 1.73 bits per heavy atom. The van der Waals surface area contributed by atoms with Crippen LogP contribution in [-0.4, -0.2) is 30.5 Å². The Balaban J connectivity index is 1.66. The van der Waals surface area contributed by atoms with Crippen LogP contribution in [0.2, 0.25) is 0 Å². The van der Waals surface area contributed by atoms with Crippen LogP contribution in [0.5, 0.6) is 11.5 Å². The number of fused-ring (bicyclic) bond motifs is 1. The molecule has 0 unspecified atom stereocenters. The smallest absolute Gasteiger partial charge is 0.339 e. The highest BCUT2D eigenvalue weighted by Crippen LogP contribution is 2.28. The molecular weight excluding hydrogens is 404 g/mol. The summed E-state index contributed by atoms with van der Waals surface area (Å²) in [6.45, 7) is 1.90. The summed E-state index contributed by atoms with van der Waals surface area (Å²) in [5.41, 5.74) is 1.79. The van der Waals surface area contributed by atoms with Crippen molar-refractivity contribution in [2.24, 2.45) is 0 Å². The molecule has 0 amide bonds. The van der Waals surface area contributed by atoms with Crippen molar-refractivity contribution >= 4 is 26.9 Å². The molecule has 0 spiro atoms. The molecule has 4 aromatic rings. The van der Waals surface area contributed by atoms with Gasteiger partial charge in [-0.05, 0) is 49.4 Å². The third-order valence-electron chi connectivity index (χ3n) is 4.57. The molecule has 2 heterocycles. The highest BCUT2D eigenvalue weighted by Gasteiger charge is 2.19. The van der Waals surface area contributed by atoms with Gasteiger partial charge in [-0.25, -0.2) is 17.2 Å². The van der Waals surface area contributed by atoms with E-state index in [4.69, 9.17) is 4.74 Å². The molecule has 30 heavy (non-hydrogen) atoms. The van der Waals surface area contributed by atoms with Crippen LogP contribution in [0.3, 0.4) is 0 Å². The largest absolute Gasteiger partial charge is 0.465 e. The van der Waals surface area contributed by atoms with Crippen molar-refractivity contribution in [3.8, 4) is 11.5 Å². The third kappa shape index (κ3) is 3.65. The normalized spacial score (nSPS) is 11.4. The Labute approximate surface area is 173 Å². The standard InChI is InChI=1S/C22H18N2O5S/c1-15-3-6-20(7-4-15)30(26,27)24-10-9-16-11-18(5-8-21(16)24)29-19-12-17(13-23-14-19)22(25)28-2/h3-14H,1-2H3. The van der Waals surface area contributed by atoms with E-state index in [0.29, 0.717) is 22.4 Å². The summed E-state index contributed by atoms with van der Waals surface area (Å²) in [6.07, 6.45) is 4.38. The van der Waals surface area contributed by atoms with Crippen molar-refractivity contribution in [1.29, 1.82) is 0 Å². The highest BCUT2D eigenvalue weighted by atomic mass is 32.2. The zero-order valence-electron chi connectivity index (χ0n) is 16.3. The molecule has 2 aromatic heterocycles. The Bertz CT molecular complexity index is 1340. The minimum Gasteiger partial charge on any atom is -0.465 e. The molecule has 0 aliphatic heterocycles. The number of aryl methyl sites for hydroxylation is 1. The van der Waals surface area contributed by atoms with Crippen molar-refractivity contribution in [3.63, 3.8) is 0 Å². The van der Waals surface area contributed by atoms with Gasteiger partial charge in [0.1, 0.15) is 11.5 Å². The molecule has 8 heteroatoms. The summed E-state index contributed by atoms with van der Waals surface area (Å²) in [5.74, 6) is 0.336. The van der Waals surface area contributed by atoms with Gasteiger partial charge in [0, 0.05) is 17.8 Å². The Hall–Kier alpha value is -3.65. The maximum atomic E-state index is 13.0. The Morgan fingerprint density at radius 1 is 0.967 bits per heavy atom. The molecular formula is C22H18N2O5S. The summed E-state index contributed by atoms with van der Waals surface area (Å²) in [5, 5.41) is 0.695. The van der Waals surface area contributed by atoms with Gasteiger partial charge in [0.2, 0.25) is 0 Å². The molecule has 152 valence electrons. The molecule has 0 saturated carbocycles. The number of carbonyl (C=O) groups is 1. The van der Waals surface area contributed by atoms with Crippen LogP contribution in [0.15, 0.2) is 78.1 Å². The Kier molecular flexibility index (Phi) is 5.01. The number of esters is 1. The van der Waals surface area contributed by atoms with E-state index >= 15 is 0 Å². The highest BCUT2D eigenvalue weighted by molar-refractivity contribution is 7.90. The molecule has 4 rings (SSSR count). The number of hydrogen-bond acceptors (Lipinski definition) is 6. The lowest BCUT2D eigenvalue weighted by atomic mass is 10.2. The first-order valence-corrected chi connectivity index (χ1v) is 10.5. The zero-order chi connectivity index (χ0) is 21.3. The molecule has 0 N–H and O–H groups in total. The van der Waals surface area contributed by atoms with Crippen LogP contribution < -0.4 is 4.74 Å². The second kappa shape index (κ2) is 7.64. The van der Waals surface area contributed by atoms with Crippen LogP contribution in [0, 0.1) is 6.92 Å². The summed E-state index contributed by atoms with van der Waals surface area (Å²) < 4.78 is 37.7. The van der Waals surface area contributed by atoms with Crippen LogP contribution in [0.4, 0.5) is 0 Å². The number of ether oxygens (including phenoxy) is 2. The van der Waals surface area contributed by atoms with E-state index < -0.39 is 16.0 Å². The minimum atomic E-state index is -3.71. The minimum absolute atomic E-state index is 0.219. The number of aromatic nitrogens is 2. The van der Waals surface area contributed by atoms with Crippen molar-refractivity contribution in [3.05, 3.63) is 84.3 Å². The van der Waals surface area contributed by atoms with Crippen molar-refractivity contribution in [2.75, 3.05) is 7.11 Å². The third-order valence-corrected chi connectivity index (χ3v) is 6.28. The van der Waals surface area contributed by atoms with Crippen molar-refractivity contribution in [2.45, 2.75) is 11.8 Å². The number of hydrogen-bond donors (Lipinski definition) is 0. The van der Waals surface area contributed by atoms with Crippen molar-refractivity contribution in [1.82, 2.24) is 8.96 Å². The molecule has 7 nitrogen and oxygen atoms in total. The van der Waals surface area contributed by atoms with Gasteiger partial charge in [0.05, 0.1) is 29.3 Å². The summed E-state index contributed by atoms with van der Waals surface area (Å²) >= 11 is 0. The predicted octanol–water partition coefficient (Wildman–Crippen LogP) is 4.16. The number of rotatable bonds is 5. The van der Waals surface area contributed by atoms with Crippen LogP contribution in [0.25, 0.3) is 10.9 Å². The van der Waals surface area contributed by atoms with E-state index in [1.54, 1.807) is 48.5 Å². The molecule has 0 aliphatic rings. The number of nitrogens with zero attached hydrogens (tertiary/aromatic N) is 2. The van der Waals surface area contributed by atoms with E-state index in [9.17, 15) is 13.2 Å². The quantitative estimate of drug-likeness (QED) is 0.449. The monoisotopic (exact) mass is 422 g/mol. The molecule has 0 bridgehead atoms. The maximum absolute atomic E-state index is 13.0. The van der Waals surface area contributed by atoms with Gasteiger partial charge in [0.15, 0.2) is 0 Å². The fraction of sp³-hybridized carbons (Fsp3) is 0.0909. The van der Waals surface area contributed by atoms with Crippen LogP contribution in [-0.2, 0) is 14.8 Å². The predicted molar refractivity (Wildman–Crippen MR) is 111 cm³/mol. The SMILES string of the molecule is COC(=O)c1cncc(Oc2ccc3c(ccn3S(=O)(=O)c3ccc(C)cc3)c2)c1. The van der Waals surface area contributed by atoms with E-state index in [2.05, 4.69) is 9.72 Å². The second-order valence-electron chi connectivity index (χ2n) is 6.65. The first-order chi connectivity index (χ1) is 14.4. The summed E-state index contributed by atoms with van der Waals surface area (Å²) in [6, 6.07) is 15.0. The Morgan fingerprint density at radius 3 is 2.47 bits per heavy atom. The van der Waals surface area contributed by atoms with Gasteiger partial charge in [-0.1, -0.05) is 17.7 Å². The topological polar surface area (TPSA) is 87.5 Å². The summed E-state index contributed by atoms with van der Waals surface area (Å²) in [7, 11) is -2.42. The van der Waals surface area contributed by atoms with E-state index in [1.165, 1.54) is 35.7 Å². The van der Waals surface area contributed by atoms with Crippen molar-refractivity contribution < 1.29 is 22.7 Å². The van der Waals surface area contributed by atoms with Crippen LogP contribution >= 0.6 is 0 Å². The lowest BCUT2D eigenvalue weighted by Gasteiger charge is -2.09. The van der Waals surface area contributed by atoms with E-state index in [0.717, 1.165) is 5.56 Å². The van der Waals surface area contributed by atoms with Crippen LogP contribution in [0.1, 0.15) is 15.9 Å². The van der Waals surface area contributed by atoms with Gasteiger partial charge < -0.3 is 9.47 Å². The van der Waals surface area contributed by atoms with Gasteiger partial charge in [-0.15, -0.1) is 0 Å². The first kappa shape index (κ1) is 19.7. The maximum Gasteiger partial charge on any atom is 0.339 e.